The second kappa shape index (κ2) is 6.80. The number of hydrogen-bond acceptors (Lipinski definition) is 2. The van der Waals surface area contributed by atoms with E-state index in [2.05, 4.69) is 41.2 Å². The SMILES string of the molecule is CCn1nc(CNCC2CCCCC2Cl)c2ccccc21. The molecule has 114 valence electrons. The molecule has 2 atom stereocenters. The van der Waals surface area contributed by atoms with Crippen LogP contribution in [0.5, 0.6) is 0 Å². The predicted molar refractivity (Wildman–Crippen MR) is 88.7 cm³/mol. The quantitative estimate of drug-likeness (QED) is 0.848. The molecule has 1 N–H and O–H groups in total. The minimum Gasteiger partial charge on any atom is -0.311 e. The fourth-order valence-electron chi connectivity index (χ4n) is 3.34. The maximum absolute atomic E-state index is 6.43. The van der Waals surface area contributed by atoms with Gasteiger partial charge in [0.25, 0.3) is 0 Å². The molecule has 2 aromatic rings. The monoisotopic (exact) mass is 305 g/mol. The highest BCUT2D eigenvalue weighted by atomic mass is 35.5. The topological polar surface area (TPSA) is 29.9 Å². The first-order chi connectivity index (χ1) is 10.3. The van der Waals surface area contributed by atoms with Gasteiger partial charge in [0, 0.05) is 23.9 Å². The lowest BCUT2D eigenvalue weighted by atomic mass is 9.89. The summed E-state index contributed by atoms with van der Waals surface area (Å²) < 4.78 is 2.08. The summed E-state index contributed by atoms with van der Waals surface area (Å²) in [6, 6.07) is 8.47. The number of hydrogen-bond donors (Lipinski definition) is 1. The fraction of sp³-hybridized carbons (Fsp3) is 0.588. The molecule has 1 aromatic heterocycles. The second-order valence-electron chi connectivity index (χ2n) is 5.97. The molecule has 0 bridgehead atoms. The Hall–Kier alpha value is -1.06. The first kappa shape index (κ1) is 14.9. The molecule has 1 heterocycles. The number of aryl methyl sites for hydroxylation is 1. The molecule has 3 nitrogen and oxygen atoms in total. The third kappa shape index (κ3) is 3.24. The number of rotatable bonds is 5. The lowest BCUT2D eigenvalue weighted by Crippen LogP contribution is -2.31. The summed E-state index contributed by atoms with van der Waals surface area (Å²) in [7, 11) is 0. The van der Waals surface area contributed by atoms with Crippen molar-refractivity contribution in [1.82, 2.24) is 15.1 Å². The number of halogens is 1. The van der Waals surface area contributed by atoms with E-state index in [0.29, 0.717) is 11.3 Å². The summed E-state index contributed by atoms with van der Waals surface area (Å²) in [6.45, 7) is 4.87. The molecule has 1 fully saturated rings. The van der Waals surface area contributed by atoms with E-state index in [9.17, 15) is 0 Å². The average Bonchev–Trinajstić information content (AvgIpc) is 2.88. The molecular weight excluding hydrogens is 282 g/mol. The molecule has 0 radical (unpaired) electrons. The van der Waals surface area contributed by atoms with Crippen LogP contribution in [0.15, 0.2) is 24.3 Å². The van der Waals surface area contributed by atoms with E-state index in [-0.39, 0.29) is 0 Å². The maximum atomic E-state index is 6.43. The van der Waals surface area contributed by atoms with Crippen LogP contribution in [0, 0.1) is 5.92 Å². The molecule has 2 unspecified atom stereocenters. The van der Waals surface area contributed by atoms with Gasteiger partial charge in [-0.2, -0.15) is 5.10 Å². The van der Waals surface area contributed by atoms with Crippen molar-refractivity contribution in [3.63, 3.8) is 0 Å². The van der Waals surface area contributed by atoms with E-state index in [4.69, 9.17) is 16.7 Å². The number of fused-ring (bicyclic) bond motifs is 1. The number of alkyl halides is 1. The van der Waals surface area contributed by atoms with Crippen LogP contribution in [0.25, 0.3) is 10.9 Å². The molecule has 0 aliphatic heterocycles. The van der Waals surface area contributed by atoms with Crippen LogP contribution in [0.3, 0.4) is 0 Å². The minimum atomic E-state index is 0.344. The van der Waals surface area contributed by atoms with Crippen LogP contribution in [0.1, 0.15) is 38.3 Å². The summed E-state index contributed by atoms with van der Waals surface area (Å²) in [4.78, 5) is 0. The van der Waals surface area contributed by atoms with E-state index in [1.54, 1.807) is 0 Å². The molecule has 0 spiro atoms. The Balaban J connectivity index is 1.65. The summed E-state index contributed by atoms with van der Waals surface area (Å²) in [6.07, 6.45) is 5.03. The zero-order valence-corrected chi connectivity index (χ0v) is 13.4. The van der Waals surface area contributed by atoms with E-state index in [1.165, 1.54) is 36.6 Å². The van der Waals surface area contributed by atoms with Gasteiger partial charge in [0.2, 0.25) is 0 Å². The van der Waals surface area contributed by atoms with Gasteiger partial charge in [0.05, 0.1) is 11.2 Å². The van der Waals surface area contributed by atoms with Gasteiger partial charge in [-0.05, 0) is 38.3 Å². The van der Waals surface area contributed by atoms with Gasteiger partial charge in [-0.3, -0.25) is 4.68 Å². The zero-order chi connectivity index (χ0) is 14.7. The van der Waals surface area contributed by atoms with Crippen molar-refractivity contribution in [3.8, 4) is 0 Å². The molecule has 3 rings (SSSR count). The summed E-state index contributed by atoms with van der Waals surface area (Å²) in [5.74, 6) is 0.611. The molecule has 4 heteroatoms. The van der Waals surface area contributed by atoms with Gasteiger partial charge in [0.15, 0.2) is 0 Å². The van der Waals surface area contributed by atoms with Crippen LogP contribution in [0.4, 0.5) is 0 Å². The zero-order valence-electron chi connectivity index (χ0n) is 12.7. The minimum absolute atomic E-state index is 0.344. The maximum Gasteiger partial charge on any atom is 0.0841 e. The fourth-order valence-corrected chi connectivity index (χ4v) is 3.71. The Morgan fingerprint density at radius 1 is 1.29 bits per heavy atom. The van der Waals surface area contributed by atoms with Gasteiger partial charge in [-0.25, -0.2) is 0 Å². The van der Waals surface area contributed by atoms with Gasteiger partial charge in [0.1, 0.15) is 0 Å². The van der Waals surface area contributed by atoms with Crippen LogP contribution < -0.4 is 5.32 Å². The largest absolute Gasteiger partial charge is 0.311 e. The highest BCUT2D eigenvalue weighted by Gasteiger charge is 2.22. The average molecular weight is 306 g/mol. The van der Waals surface area contributed by atoms with E-state index >= 15 is 0 Å². The highest BCUT2D eigenvalue weighted by Crippen LogP contribution is 2.28. The van der Waals surface area contributed by atoms with Crippen molar-refractivity contribution in [1.29, 1.82) is 0 Å². The first-order valence-electron chi connectivity index (χ1n) is 8.08. The van der Waals surface area contributed by atoms with Crippen molar-refractivity contribution in [2.45, 2.75) is 51.1 Å². The standard InChI is InChI=1S/C17H24ClN3/c1-2-21-17-10-6-4-8-14(17)16(20-21)12-19-11-13-7-3-5-9-15(13)18/h4,6,8,10,13,15,19H,2-3,5,7,9,11-12H2,1H3. The molecule has 0 amide bonds. The first-order valence-corrected chi connectivity index (χ1v) is 8.52. The third-order valence-corrected chi connectivity index (χ3v) is 5.12. The Kier molecular flexibility index (Phi) is 4.81. The smallest absolute Gasteiger partial charge is 0.0841 e. The third-order valence-electron chi connectivity index (χ3n) is 4.55. The summed E-state index contributed by atoms with van der Waals surface area (Å²) in [5, 5.41) is 9.91. The van der Waals surface area contributed by atoms with Gasteiger partial charge < -0.3 is 5.32 Å². The number of para-hydroxylation sites is 1. The molecule has 0 saturated heterocycles. The van der Waals surface area contributed by atoms with Crippen molar-refractivity contribution in [3.05, 3.63) is 30.0 Å². The number of benzene rings is 1. The van der Waals surface area contributed by atoms with Crippen LogP contribution in [0.2, 0.25) is 0 Å². The van der Waals surface area contributed by atoms with E-state index in [0.717, 1.165) is 25.3 Å². The summed E-state index contributed by atoms with van der Waals surface area (Å²) >= 11 is 6.43. The highest BCUT2D eigenvalue weighted by molar-refractivity contribution is 6.20. The number of nitrogens with one attached hydrogen (secondary N) is 1. The normalized spacial score (nSPS) is 22.8. The number of aromatic nitrogens is 2. The molecule has 1 aromatic carbocycles. The Morgan fingerprint density at radius 3 is 2.90 bits per heavy atom. The lowest BCUT2D eigenvalue weighted by molar-refractivity contribution is 0.348. The Labute approximate surface area is 131 Å². The molecule has 1 aliphatic rings. The van der Waals surface area contributed by atoms with Gasteiger partial charge >= 0.3 is 0 Å². The van der Waals surface area contributed by atoms with Gasteiger partial charge in [-0.1, -0.05) is 31.0 Å². The molecule has 1 aliphatic carbocycles. The van der Waals surface area contributed by atoms with Crippen molar-refractivity contribution >= 4 is 22.5 Å². The van der Waals surface area contributed by atoms with Crippen LogP contribution in [-0.4, -0.2) is 21.7 Å². The molecule has 21 heavy (non-hydrogen) atoms. The number of nitrogens with zero attached hydrogens (tertiary/aromatic N) is 2. The Morgan fingerprint density at radius 2 is 2.10 bits per heavy atom. The Bertz CT molecular complexity index is 593. The van der Waals surface area contributed by atoms with Crippen molar-refractivity contribution < 1.29 is 0 Å². The second-order valence-corrected chi connectivity index (χ2v) is 6.53. The van der Waals surface area contributed by atoms with Crippen molar-refractivity contribution in [2.24, 2.45) is 5.92 Å². The lowest BCUT2D eigenvalue weighted by Gasteiger charge is -2.27. The van der Waals surface area contributed by atoms with Gasteiger partial charge in [-0.15, -0.1) is 11.6 Å². The van der Waals surface area contributed by atoms with Crippen LogP contribution >= 0.6 is 11.6 Å². The van der Waals surface area contributed by atoms with Crippen molar-refractivity contribution in [2.75, 3.05) is 6.54 Å². The van der Waals surface area contributed by atoms with E-state index in [1.807, 2.05) is 0 Å². The molecular formula is C17H24ClN3. The van der Waals surface area contributed by atoms with E-state index < -0.39 is 0 Å². The molecule has 1 saturated carbocycles. The summed E-state index contributed by atoms with van der Waals surface area (Å²) in [5.41, 5.74) is 2.37. The predicted octanol–water partition coefficient (Wildman–Crippen LogP) is 3.94. The van der Waals surface area contributed by atoms with Crippen LogP contribution in [-0.2, 0) is 13.1 Å².